The molecule has 1 aromatic carbocycles. The van der Waals surface area contributed by atoms with Gasteiger partial charge < -0.3 is 10.3 Å². The summed E-state index contributed by atoms with van der Waals surface area (Å²) < 4.78 is 14.2. The molecule has 0 spiro atoms. The number of nitrogens with one attached hydrogen (secondary N) is 2. The fourth-order valence-electron chi connectivity index (χ4n) is 2.41. The Hall–Kier alpha value is -1.79. The number of aromatic amines is 1. The van der Waals surface area contributed by atoms with Crippen LogP contribution in [0.2, 0.25) is 0 Å². The molecule has 0 saturated carbocycles. The van der Waals surface area contributed by atoms with E-state index < -0.39 is 0 Å². The third-order valence-electron chi connectivity index (χ3n) is 3.39. The molecular weight excluding hydrogens is 263 g/mol. The molecule has 19 heavy (non-hydrogen) atoms. The molecule has 0 saturated heterocycles. The van der Waals surface area contributed by atoms with Gasteiger partial charge in [-0.2, -0.15) is 0 Å². The number of thiazole rings is 1. The van der Waals surface area contributed by atoms with E-state index in [0.29, 0.717) is 0 Å². The van der Waals surface area contributed by atoms with E-state index in [9.17, 15) is 4.39 Å². The van der Waals surface area contributed by atoms with E-state index in [-0.39, 0.29) is 11.9 Å². The molecule has 4 nitrogen and oxygen atoms in total. The highest BCUT2D eigenvalue weighted by molar-refractivity contribution is 7.18. The summed E-state index contributed by atoms with van der Waals surface area (Å²) in [7, 11) is 0. The Kier molecular flexibility index (Phi) is 2.39. The maximum absolute atomic E-state index is 13.2. The van der Waals surface area contributed by atoms with Crippen molar-refractivity contribution in [3.05, 3.63) is 46.7 Å². The summed E-state index contributed by atoms with van der Waals surface area (Å²) in [6.07, 6.45) is 2.55. The van der Waals surface area contributed by atoms with Gasteiger partial charge in [0.2, 0.25) is 0 Å². The standard InChI is InChI=1S/C13H11FN4S/c14-7-1-2-12-9(3-7)18-13(19-12)10-4-8-11(5-15-10)17-6-16-8/h1-3,6,10,15H,4-5H2,(H,16,17). The number of nitrogens with zero attached hydrogens (tertiary/aromatic N) is 2. The van der Waals surface area contributed by atoms with Crippen molar-refractivity contribution in [1.82, 2.24) is 20.3 Å². The smallest absolute Gasteiger partial charge is 0.125 e. The highest BCUT2D eigenvalue weighted by Gasteiger charge is 2.23. The Morgan fingerprint density at radius 3 is 3.26 bits per heavy atom. The van der Waals surface area contributed by atoms with Crippen LogP contribution in [-0.4, -0.2) is 15.0 Å². The van der Waals surface area contributed by atoms with Gasteiger partial charge in [0.05, 0.1) is 34.0 Å². The minimum atomic E-state index is -0.240. The number of rotatable bonds is 1. The van der Waals surface area contributed by atoms with Crippen molar-refractivity contribution in [2.45, 2.75) is 19.0 Å². The lowest BCUT2D eigenvalue weighted by molar-refractivity contribution is 0.488. The number of hydrogen-bond donors (Lipinski definition) is 2. The maximum Gasteiger partial charge on any atom is 0.125 e. The first kappa shape index (κ1) is 11.1. The average molecular weight is 274 g/mol. The second-order valence-corrected chi connectivity index (χ2v) is 5.69. The van der Waals surface area contributed by atoms with Gasteiger partial charge in [0.1, 0.15) is 10.8 Å². The summed E-state index contributed by atoms with van der Waals surface area (Å²) in [6.45, 7) is 0.768. The number of H-pyrrole nitrogens is 1. The number of hydrogen-bond acceptors (Lipinski definition) is 4. The molecule has 0 aliphatic carbocycles. The SMILES string of the molecule is Fc1ccc2sc(C3Cc4nc[nH]c4CN3)nc2c1. The summed E-state index contributed by atoms with van der Waals surface area (Å²) in [5.74, 6) is -0.240. The lowest BCUT2D eigenvalue weighted by Gasteiger charge is -2.20. The first-order valence-electron chi connectivity index (χ1n) is 6.10. The molecule has 0 amide bonds. The summed E-state index contributed by atoms with van der Waals surface area (Å²) in [5, 5.41) is 4.43. The van der Waals surface area contributed by atoms with E-state index in [2.05, 4.69) is 20.3 Å². The largest absolute Gasteiger partial charge is 0.347 e. The molecule has 1 aliphatic rings. The van der Waals surface area contributed by atoms with E-state index in [1.54, 1.807) is 23.7 Å². The van der Waals surface area contributed by atoms with Crippen LogP contribution in [0, 0.1) is 5.82 Å². The Balaban J connectivity index is 1.71. The van der Waals surface area contributed by atoms with Crippen molar-refractivity contribution < 1.29 is 4.39 Å². The van der Waals surface area contributed by atoms with E-state index in [0.717, 1.165) is 39.6 Å². The van der Waals surface area contributed by atoms with Crippen LogP contribution < -0.4 is 5.32 Å². The molecule has 0 fully saturated rings. The number of benzene rings is 1. The molecule has 0 radical (unpaired) electrons. The molecule has 3 heterocycles. The fourth-order valence-corrected chi connectivity index (χ4v) is 3.43. The third-order valence-corrected chi connectivity index (χ3v) is 4.54. The van der Waals surface area contributed by atoms with Gasteiger partial charge in [-0.3, -0.25) is 0 Å². The summed E-state index contributed by atoms with van der Waals surface area (Å²) >= 11 is 1.61. The van der Waals surface area contributed by atoms with Crippen LogP contribution in [-0.2, 0) is 13.0 Å². The Morgan fingerprint density at radius 1 is 1.37 bits per heavy atom. The van der Waals surface area contributed by atoms with Gasteiger partial charge in [-0.05, 0) is 12.1 Å². The van der Waals surface area contributed by atoms with E-state index in [1.807, 2.05) is 0 Å². The Morgan fingerprint density at radius 2 is 2.32 bits per heavy atom. The Bertz CT molecular complexity index is 748. The monoisotopic (exact) mass is 274 g/mol. The van der Waals surface area contributed by atoms with Gasteiger partial charge in [0, 0.05) is 19.0 Å². The zero-order valence-corrected chi connectivity index (χ0v) is 10.8. The predicted molar refractivity (Wildman–Crippen MR) is 71.5 cm³/mol. The van der Waals surface area contributed by atoms with E-state index in [4.69, 9.17) is 0 Å². The molecule has 2 aromatic heterocycles. The molecule has 6 heteroatoms. The van der Waals surface area contributed by atoms with E-state index >= 15 is 0 Å². The molecule has 1 atom stereocenters. The van der Waals surface area contributed by atoms with Crippen LogP contribution >= 0.6 is 11.3 Å². The predicted octanol–water partition coefficient (Wildman–Crippen LogP) is 2.55. The van der Waals surface area contributed by atoms with Gasteiger partial charge in [-0.25, -0.2) is 14.4 Å². The minimum Gasteiger partial charge on any atom is -0.347 e. The van der Waals surface area contributed by atoms with Crippen molar-refractivity contribution in [3.63, 3.8) is 0 Å². The number of fused-ring (bicyclic) bond motifs is 2. The zero-order valence-electron chi connectivity index (χ0n) is 9.98. The van der Waals surface area contributed by atoms with Gasteiger partial charge >= 0.3 is 0 Å². The normalized spacial score (nSPS) is 18.7. The quantitative estimate of drug-likeness (QED) is 0.717. The lowest BCUT2D eigenvalue weighted by Crippen LogP contribution is -2.28. The lowest BCUT2D eigenvalue weighted by atomic mass is 10.1. The molecule has 96 valence electrons. The van der Waals surface area contributed by atoms with Gasteiger partial charge in [0.15, 0.2) is 0 Å². The highest BCUT2D eigenvalue weighted by atomic mass is 32.1. The van der Waals surface area contributed by atoms with Crippen LogP contribution in [0.15, 0.2) is 24.5 Å². The fraction of sp³-hybridized carbons (Fsp3) is 0.231. The summed E-state index contributed by atoms with van der Waals surface area (Å²) in [4.78, 5) is 12.0. The van der Waals surface area contributed by atoms with E-state index in [1.165, 1.54) is 12.1 Å². The highest BCUT2D eigenvalue weighted by Crippen LogP contribution is 2.30. The number of halogens is 1. The second kappa shape index (κ2) is 4.11. The molecule has 2 N–H and O–H groups in total. The molecular formula is C13H11FN4S. The van der Waals surface area contributed by atoms with Crippen molar-refractivity contribution in [2.75, 3.05) is 0 Å². The van der Waals surface area contributed by atoms with Crippen molar-refractivity contribution in [3.8, 4) is 0 Å². The van der Waals surface area contributed by atoms with Crippen LogP contribution in [0.4, 0.5) is 4.39 Å². The van der Waals surface area contributed by atoms with Crippen LogP contribution in [0.1, 0.15) is 22.4 Å². The molecule has 3 aromatic rings. The summed E-state index contributed by atoms with van der Waals surface area (Å²) in [6, 6.07) is 4.91. The number of aromatic nitrogens is 3. The van der Waals surface area contributed by atoms with Crippen molar-refractivity contribution in [2.24, 2.45) is 0 Å². The first-order valence-corrected chi connectivity index (χ1v) is 6.92. The van der Waals surface area contributed by atoms with Gasteiger partial charge in [-0.15, -0.1) is 11.3 Å². The second-order valence-electron chi connectivity index (χ2n) is 4.63. The van der Waals surface area contributed by atoms with Crippen molar-refractivity contribution in [1.29, 1.82) is 0 Å². The first-order chi connectivity index (χ1) is 9.29. The Labute approximate surface area is 112 Å². The maximum atomic E-state index is 13.2. The van der Waals surface area contributed by atoms with Gasteiger partial charge in [-0.1, -0.05) is 0 Å². The minimum absolute atomic E-state index is 0.163. The number of imidazole rings is 1. The molecule has 1 unspecified atom stereocenters. The van der Waals surface area contributed by atoms with Gasteiger partial charge in [0.25, 0.3) is 0 Å². The zero-order chi connectivity index (χ0) is 12.8. The van der Waals surface area contributed by atoms with Crippen LogP contribution in [0.25, 0.3) is 10.2 Å². The van der Waals surface area contributed by atoms with Crippen molar-refractivity contribution >= 4 is 21.6 Å². The summed E-state index contributed by atoms with van der Waals surface area (Å²) in [5.41, 5.74) is 2.97. The molecule has 4 rings (SSSR count). The molecule has 1 aliphatic heterocycles. The third kappa shape index (κ3) is 1.84. The topological polar surface area (TPSA) is 53.6 Å². The van der Waals surface area contributed by atoms with Crippen LogP contribution in [0.3, 0.4) is 0 Å². The molecule has 0 bridgehead atoms. The average Bonchev–Trinajstić information content (AvgIpc) is 3.02. The van der Waals surface area contributed by atoms with Crippen LogP contribution in [0.5, 0.6) is 0 Å².